The van der Waals surface area contributed by atoms with Gasteiger partial charge in [-0.15, -0.1) is 0 Å². The molecule has 8 nitrogen and oxygen atoms in total. The summed E-state index contributed by atoms with van der Waals surface area (Å²) >= 11 is 3.08. The Bertz CT molecular complexity index is 848. The molecule has 130 valence electrons. The molecular formula is C16H14BrN3O5. The molecule has 2 aromatic rings. The van der Waals surface area contributed by atoms with Crippen LogP contribution in [0.25, 0.3) is 0 Å². The molecular weight excluding hydrogens is 394 g/mol. The maximum atomic E-state index is 12.7. The fourth-order valence-electron chi connectivity index (χ4n) is 2.45. The number of methoxy groups -OCH3 is 1. The van der Waals surface area contributed by atoms with Crippen LogP contribution < -0.4 is 15.5 Å². The molecule has 1 aromatic carbocycles. The summed E-state index contributed by atoms with van der Waals surface area (Å²) in [6, 6.07) is 8.92. The van der Waals surface area contributed by atoms with Crippen LogP contribution in [0.5, 0.6) is 5.75 Å². The van der Waals surface area contributed by atoms with E-state index in [1.807, 2.05) is 0 Å². The van der Waals surface area contributed by atoms with E-state index in [-0.39, 0.29) is 5.76 Å². The lowest BCUT2D eigenvalue weighted by Gasteiger charge is -2.22. The van der Waals surface area contributed by atoms with Crippen LogP contribution in [0, 0.1) is 0 Å². The third-order valence-electron chi connectivity index (χ3n) is 3.87. The van der Waals surface area contributed by atoms with Crippen LogP contribution in [0.3, 0.4) is 0 Å². The minimum absolute atomic E-state index is 0.0366. The number of imide groups is 1. The van der Waals surface area contributed by atoms with Crippen molar-refractivity contribution in [3.8, 4) is 5.75 Å². The largest absolute Gasteiger partial charge is 0.497 e. The van der Waals surface area contributed by atoms with Crippen molar-refractivity contribution in [2.75, 3.05) is 7.11 Å². The van der Waals surface area contributed by atoms with Crippen molar-refractivity contribution in [3.05, 3.63) is 52.4 Å². The number of urea groups is 1. The minimum Gasteiger partial charge on any atom is -0.497 e. The van der Waals surface area contributed by atoms with E-state index in [1.54, 1.807) is 31.2 Å². The van der Waals surface area contributed by atoms with Crippen LogP contribution in [0.1, 0.15) is 23.0 Å². The van der Waals surface area contributed by atoms with E-state index in [4.69, 9.17) is 9.15 Å². The highest BCUT2D eigenvalue weighted by Gasteiger charge is 2.50. The Labute approximate surface area is 151 Å². The third-order valence-corrected chi connectivity index (χ3v) is 4.29. The van der Waals surface area contributed by atoms with Gasteiger partial charge in [0.25, 0.3) is 5.91 Å². The molecule has 25 heavy (non-hydrogen) atoms. The minimum atomic E-state index is -1.31. The van der Waals surface area contributed by atoms with Crippen molar-refractivity contribution in [2.24, 2.45) is 0 Å². The molecule has 1 aromatic heterocycles. The second-order valence-corrected chi connectivity index (χ2v) is 6.25. The fourth-order valence-corrected chi connectivity index (χ4v) is 2.76. The van der Waals surface area contributed by atoms with Crippen molar-refractivity contribution in [1.82, 2.24) is 15.8 Å². The Kier molecular flexibility index (Phi) is 4.25. The van der Waals surface area contributed by atoms with Gasteiger partial charge in [-0.1, -0.05) is 12.1 Å². The molecule has 0 aliphatic carbocycles. The van der Waals surface area contributed by atoms with Crippen LogP contribution in [0.4, 0.5) is 4.79 Å². The summed E-state index contributed by atoms with van der Waals surface area (Å²) in [5.74, 6) is -0.738. The number of halogens is 1. The lowest BCUT2D eigenvalue weighted by Crippen LogP contribution is -2.47. The molecule has 1 saturated heterocycles. The summed E-state index contributed by atoms with van der Waals surface area (Å²) in [6.45, 7) is 1.56. The van der Waals surface area contributed by atoms with Gasteiger partial charge in [-0.3, -0.25) is 9.59 Å². The van der Waals surface area contributed by atoms with Crippen molar-refractivity contribution >= 4 is 33.8 Å². The second kappa shape index (κ2) is 6.25. The Morgan fingerprint density at radius 1 is 1.24 bits per heavy atom. The van der Waals surface area contributed by atoms with Gasteiger partial charge in [0.1, 0.15) is 11.3 Å². The molecule has 9 heteroatoms. The first kappa shape index (κ1) is 17.0. The average Bonchev–Trinajstić information content (AvgIpc) is 3.13. The number of hydrazine groups is 1. The van der Waals surface area contributed by atoms with Gasteiger partial charge in [0.05, 0.1) is 7.11 Å². The smallest absolute Gasteiger partial charge is 0.344 e. The van der Waals surface area contributed by atoms with E-state index >= 15 is 0 Å². The molecule has 0 saturated carbocycles. The summed E-state index contributed by atoms with van der Waals surface area (Å²) in [4.78, 5) is 37.0. The molecule has 2 N–H and O–H groups in total. The van der Waals surface area contributed by atoms with Crippen LogP contribution in [-0.4, -0.2) is 30.0 Å². The fraction of sp³-hybridized carbons (Fsp3) is 0.188. The zero-order chi connectivity index (χ0) is 18.2. The highest BCUT2D eigenvalue weighted by molar-refractivity contribution is 9.10. The van der Waals surface area contributed by atoms with Gasteiger partial charge in [-0.05, 0) is 52.7 Å². The first-order chi connectivity index (χ1) is 11.8. The first-order valence-corrected chi connectivity index (χ1v) is 8.02. The van der Waals surface area contributed by atoms with Crippen LogP contribution in [-0.2, 0) is 10.3 Å². The standard InChI is InChI=1S/C16H14BrN3O5/c1-16(9-3-5-10(24-2)6-4-9)14(22)20(15(23)18-16)19-13(21)11-7-8-12(17)25-11/h3-8H,1-2H3,(H,18,23)(H,19,21)/t16-/m0/s1. The van der Waals surface area contributed by atoms with Crippen molar-refractivity contribution in [3.63, 3.8) is 0 Å². The number of hydrogen-bond donors (Lipinski definition) is 2. The zero-order valence-corrected chi connectivity index (χ0v) is 14.9. The topological polar surface area (TPSA) is 101 Å². The van der Waals surface area contributed by atoms with Crippen LogP contribution in [0.15, 0.2) is 45.5 Å². The number of hydrogen-bond acceptors (Lipinski definition) is 5. The predicted octanol–water partition coefficient (Wildman–Crippen LogP) is 2.16. The third kappa shape index (κ3) is 2.98. The van der Waals surface area contributed by atoms with Crippen molar-refractivity contribution in [1.29, 1.82) is 0 Å². The quantitative estimate of drug-likeness (QED) is 0.756. The molecule has 1 aliphatic rings. The SMILES string of the molecule is COc1ccc([C@]2(C)NC(=O)N(NC(=O)c3ccc(Br)o3)C2=O)cc1. The number of carbonyl (C=O) groups is 3. The van der Waals surface area contributed by atoms with Crippen LogP contribution >= 0.6 is 15.9 Å². The summed E-state index contributed by atoms with van der Waals surface area (Å²) in [7, 11) is 1.53. The molecule has 1 fully saturated rings. The molecule has 0 unspecified atom stereocenters. The number of carbonyl (C=O) groups excluding carboxylic acids is 3. The molecule has 0 bridgehead atoms. The number of nitrogens with zero attached hydrogens (tertiary/aromatic N) is 1. The lowest BCUT2D eigenvalue weighted by molar-refractivity contribution is -0.132. The van der Waals surface area contributed by atoms with Gasteiger partial charge >= 0.3 is 11.9 Å². The first-order valence-electron chi connectivity index (χ1n) is 7.22. The van der Waals surface area contributed by atoms with E-state index in [0.717, 1.165) is 0 Å². The Balaban J connectivity index is 1.82. The van der Waals surface area contributed by atoms with Crippen molar-refractivity contribution in [2.45, 2.75) is 12.5 Å². The Morgan fingerprint density at radius 3 is 2.48 bits per heavy atom. The lowest BCUT2D eigenvalue weighted by atomic mass is 9.92. The number of furan rings is 1. The van der Waals surface area contributed by atoms with Gasteiger partial charge in [0, 0.05) is 0 Å². The second-order valence-electron chi connectivity index (χ2n) is 5.47. The molecule has 1 atom stereocenters. The zero-order valence-electron chi connectivity index (χ0n) is 13.3. The molecule has 2 heterocycles. The normalized spacial score (nSPS) is 19.7. The maximum Gasteiger partial charge on any atom is 0.344 e. The van der Waals surface area contributed by atoms with Gasteiger partial charge in [0.2, 0.25) is 0 Å². The summed E-state index contributed by atoms with van der Waals surface area (Å²) in [6.07, 6.45) is 0. The predicted molar refractivity (Wildman–Crippen MR) is 89.6 cm³/mol. The number of benzene rings is 1. The summed E-state index contributed by atoms with van der Waals surface area (Å²) < 4.78 is 10.6. The molecule has 0 spiro atoms. The monoisotopic (exact) mass is 407 g/mol. The van der Waals surface area contributed by atoms with E-state index in [2.05, 4.69) is 26.7 Å². The maximum absolute atomic E-state index is 12.7. The molecule has 4 amide bonds. The van der Waals surface area contributed by atoms with Gasteiger partial charge in [-0.2, -0.15) is 5.01 Å². The average molecular weight is 408 g/mol. The van der Waals surface area contributed by atoms with Crippen molar-refractivity contribution < 1.29 is 23.5 Å². The number of ether oxygens (including phenoxy) is 1. The van der Waals surface area contributed by atoms with Crippen LogP contribution in [0.2, 0.25) is 0 Å². The molecule has 3 rings (SSSR count). The van der Waals surface area contributed by atoms with E-state index < -0.39 is 23.4 Å². The Hall–Kier alpha value is -2.81. The highest BCUT2D eigenvalue weighted by atomic mass is 79.9. The molecule has 1 aliphatic heterocycles. The van der Waals surface area contributed by atoms with E-state index in [0.29, 0.717) is 21.0 Å². The van der Waals surface area contributed by atoms with Gasteiger partial charge in [0.15, 0.2) is 10.4 Å². The summed E-state index contributed by atoms with van der Waals surface area (Å²) in [5, 5.41) is 3.23. The van der Waals surface area contributed by atoms with Gasteiger partial charge < -0.3 is 14.5 Å². The number of amides is 4. The Morgan fingerprint density at radius 2 is 1.92 bits per heavy atom. The molecule has 0 radical (unpaired) electrons. The summed E-state index contributed by atoms with van der Waals surface area (Å²) in [5.41, 5.74) is 1.50. The highest BCUT2D eigenvalue weighted by Crippen LogP contribution is 2.29. The van der Waals surface area contributed by atoms with Gasteiger partial charge in [-0.25, -0.2) is 10.2 Å². The number of nitrogens with one attached hydrogen (secondary N) is 2. The van der Waals surface area contributed by atoms with E-state index in [9.17, 15) is 14.4 Å². The van der Waals surface area contributed by atoms with E-state index in [1.165, 1.54) is 19.2 Å². The number of rotatable bonds is 4.